The number of nitrogen functional groups attached to an aromatic ring is 1. The lowest BCUT2D eigenvalue weighted by atomic mass is 9.88. The average molecular weight is 541 g/mol. The molecule has 0 saturated heterocycles. The van der Waals surface area contributed by atoms with Crippen LogP contribution in [0.2, 0.25) is 0 Å². The van der Waals surface area contributed by atoms with Gasteiger partial charge in [-0.05, 0) is 55.0 Å². The third-order valence-corrected chi connectivity index (χ3v) is 8.02. The number of carboxylic acids is 1. The van der Waals surface area contributed by atoms with Gasteiger partial charge in [0.25, 0.3) is 5.91 Å². The number of aliphatic carboxylic acids is 1. The first kappa shape index (κ1) is 27.8. The summed E-state index contributed by atoms with van der Waals surface area (Å²) < 4.78 is 5.84. The van der Waals surface area contributed by atoms with Crippen LogP contribution in [0.25, 0.3) is 0 Å². The maximum atomic E-state index is 12.9. The zero-order valence-corrected chi connectivity index (χ0v) is 22.2. The number of fused-ring (bicyclic) bond motifs is 1. The fourth-order valence-electron chi connectivity index (χ4n) is 4.92. The molecule has 0 aromatic heterocycles. The molecule has 1 aliphatic heterocycles. The van der Waals surface area contributed by atoms with Crippen molar-refractivity contribution in [2.45, 2.75) is 56.7 Å². The Kier molecular flexibility index (Phi) is 9.89. The second-order valence-electron chi connectivity index (χ2n) is 9.81. The molecule has 1 fully saturated rings. The summed E-state index contributed by atoms with van der Waals surface area (Å²) in [5, 5.41) is 18.4. The van der Waals surface area contributed by atoms with Crippen molar-refractivity contribution < 1.29 is 24.2 Å². The first-order valence-electron chi connectivity index (χ1n) is 13.1. The number of carboxylic acid groups (broad SMARTS) is 1. The lowest BCUT2D eigenvalue weighted by molar-refractivity contribution is -0.139. The molecular weight excluding hydrogens is 504 g/mol. The van der Waals surface area contributed by atoms with Gasteiger partial charge in [-0.15, -0.1) is 0 Å². The lowest BCUT2D eigenvalue weighted by Crippen LogP contribution is -2.41. The highest BCUT2D eigenvalue weighted by molar-refractivity contribution is 7.99. The fraction of sp³-hybridized carbons (Fsp3) is 0.464. The second kappa shape index (κ2) is 13.5. The van der Waals surface area contributed by atoms with E-state index >= 15 is 0 Å². The van der Waals surface area contributed by atoms with Gasteiger partial charge in [0.05, 0.1) is 29.3 Å². The summed E-state index contributed by atoms with van der Waals surface area (Å²) in [5.41, 5.74) is 7.80. The van der Waals surface area contributed by atoms with E-state index in [-0.39, 0.29) is 35.6 Å². The Morgan fingerprint density at radius 1 is 1.18 bits per heavy atom. The molecule has 2 amide bonds. The van der Waals surface area contributed by atoms with Gasteiger partial charge in [-0.3, -0.25) is 9.59 Å². The van der Waals surface area contributed by atoms with E-state index in [4.69, 9.17) is 10.5 Å². The molecule has 1 aromatic rings. The molecule has 204 valence electrons. The minimum atomic E-state index is -1.12. The van der Waals surface area contributed by atoms with E-state index in [1.165, 1.54) is 42.8 Å². The number of anilines is 2. The van der Waals surface area contributed by atoms with Crippen LogP contribution in [0, 0.1) is 5.92 Å². The van der Waals surface area contributed by atoms with Gasteiger partial charge in [-0.1, -0.05) is 37.1 Å². The Hall–Kier alpha value is -3.24. The molecule has 0 spiro atoms. The maximum absolute atomic E-state index is 12.9. The molecule has 2 aliphatic carbocycles. The Labute approximate surface area is 227 Å². The Bertz CT molecular complexity index is 1110. The molecule has 1 heterocycles. The molecule has 6 N–H and O–H groups in total. The topological polar surface area (TPSA) is 143 Å². The van der Waals surface area contributed by atoms with Crippen molar-refractivity contribution in [2.24, 2.45) is 5.92 Å². The van der Waals surface area contributed by atoms with Gasteiger partial charge in [-0.2, -0.15) is 11.8 Å². The number of thioether (sulfide) groups is 1. The maximum Gasteiger partial charge on any atom is 0.326 e. The van der Waals surface area contributed by atoms with Crippen LogP contribution in [0.1, 0.15) is 48.9 Å². The van der Waals surface area contributed by atoms with Gasteiger partial charge in [0.1, 0.15) is 6.04 Å². The quantitative estimate of drug-likeness (QED) is 0.189. The Balaban J connectivity index is 1.25. The van der Waals surface area contributed by atoms with Crippen LogP contribution in [0.5, 0.6) is 0 Å². The zero-order chi connectivity index (χ0) is 26.9. The van der Waals surface area contributed by atoms with Gasteiger partial charge in [0.15, 0.2) is 0 Å². The molecule has 4 rings (SSSR count). The molecule has 1 aromatic carbocycles. The van der Waals surface area contributed by atoms with Gasteiger partial charge >= 0.3 is 5.97 Å². The first-order valence-corrected chi connectivity index (χ1v) is 14.3. The molecule has 3 atom stereocenters. The van der Waals surface area contributed by atoms with Crippen LogP contribution in [0.3, 0.4) is 0 Å². The number of amides is 2. The molecule has 10 heteroatoms. The number of carbonyl (C=O) groups excluding carboxylic acids is 2. The van der Waals surface area contributed by atoms with E-state index in [1.54, 1.807) is 0 Å². The number of hydrogen-bond acceptors (Lipinski definition) is 7. The molecule has 0 radical (unpaired) electrons. The number of benzene rings is 1. The second-order valence-corrected chi connectivity index (χ2v) is 10.9. The minimum absolute atomic E-state index is 0.0646. The average Bonchev–Trinajstić information content (AvgIpc) is 3.57. The zero-order valence-electron chi connectivity index (χ0n) is 21.4. The molecule has 38 heavy (non-hydrogen) atoms. The van der Waals surface area contributed by atoms with E-state index in [2.05, 4.69) is 16.0 Å². The molecule has 3 unspecified atom stereocenters. The van der Waals surface area contributed by atoms with Crippen molar-refractivity contribution in [2.75, 3.05) is 29.2 Å². The summed E-state index contributed by atoms with van der Waals surface area (Å²) >= 11 is 1.52. The smallest absolute Gasteiger partial charge is 0.326 e. The normalized spacial score (nSPS) is 20.9. The highest BCUT2D eigenvalue weighted by Gasteiger charge is 2.31. The number of allylic oxidation sites excluding steroid dienone is 2. The van der Waals surface area contributed by atoms with E-state index in [0.717, 1.165) is 30.6 Å². The lowest BCUT2D eigenvalue weighted by Gasteiger charge is -2.21. The molecule has 9 nitrogen and oxygen atoms in total. The number of ether oxygens (including phenoxy) is 1. The van der Waals surface area contributed by atoms with Gasteiger partial charge in [0, 0.05) is 24.5 Å². The van der Waals surface area contributed by atoms with Crippen molar-refractivity contribution in [1.82, 2.24) is 10.6 Å². The summed E-state index contributed by atoms with van der Waals surface area (Å²) in [5.74, 6) is -0.748. The molecular formula is C28H36N4O5S. The van der Waals surface area contributed by atoms with Crippen molar-refractivity contribution in [3.63, 3.8) is 0 Å². The standard InChI is InChI=1S/C28H36N4O5S/c29-22-11-10-18(14-24(22)31-26(33)17-38-13-5-12-37-20-6-1-2-7-20)27(34)32-25(28(35)36)15-19-16-30-23-9-4-3-8-21(19)23/h3-4,8-11,14,16,20-21,23,25,30H,1-2,5-7,12-13,15,17,29H2,(H,31,33)(H,32,34)(H,35,36). The first-order chi connectivity index (χ1) is 18.4. The fourth-order valence-corrected chi connectivity index (χ4v) is 5.64. The number of hydrogen-bond donors (Lipinski definition) is 5. The van der Waals surface area contributed by atoms with Crippen LogP contribution in [0.15, 0.2) is 54.3 Å². The van der Waals surface area contributed by atoms with Crippen molar-refractivity contribution in [1.29, 1.82) is 0 Å². The molecule has 3 aliphatic rings. The highest BCUT2D eigenvalue weighted by Crippen LogP contribution is 2.29. The van der Waals surface area contributed by atoms with E-state index in [9.17, 15) is 19.5 Å². The van der Waals surface area contributed by atoms with Crippen molar-refractivity contribution in [3.05, 3.63) is 59.8 Å². The monoisotopic (exact) mass is 540 g/mol. The number of nitrogens with one attached hydrogen (secondary N) is 3. The summed E-state index contributed by atoms with van der Waals surface area (Å²) in [7, 11) is 0. The Morgan fingerprint density at radius 3 is 2.76 bits per heavy atom. The van der Waals surface area contributed by atoms with Crippen LogP contribution >= 0.6 is 11.8 Å². The van der Waals surface area contributed by atoms with Crippen LogP contribution in [-0.4, -0.2) is 59.2 Å². The minimum Gasteiger partial charge on any atom is -0.480 e. The SMILES string of the molecule is Nc1ccc(C(=O)NC(CC2=CNC3C=CC=CC23)C(=O)O)cc1NC(=O)CSCCCOC1CCCC1. The third-order valence-electron chi connectivity index (χ3n) is 6.98. The van der Waals surface area contributed by atoms with Crippen LogP contribution in [-0.2, 0) is 14.3 Å². The molecule has 1 saturated carbocycles. The van der Waals surface area contributed by atoms with Gasteiger partial charge < -0.3 is 31.5 Å². The van der Waals surface area contributed by atoms with Crippen LogP contribution < -0.4 is 21.7 Å². The predicted octanol–water partition coefficient (Wildman–Crippen LogP) is 3.46. The third kappa shape index (κ3) is 7.64. The van der Waals surface area contributed by atoms with E-state index in [1.807, 2.05) is 30.5 Å². The van der Waals surface area contributed by atoms with Gasteiger partial charge in [0.2, 0.25) is 5.91 Å². The highest BCUT2D eigenvalue weighted by atomic mass is 32.2. The summed E-state index contributed by atoms with van der Waals surface area (Å²) in [4.78, 5) is 37.3. The number of rotatable bonds is 13. The summed E-state index contributed by atoms with van der Waals surface area (Å²) in [6, 6.07) is 3.52. The van der Waals surface area contributed by atoms with E-state index < -0.39 is 17.9 Å². The summed E-state index contributed by atoms with van der Waals surface area (Å²) in [6.07, 6.45) is 16.0. The number of nitrogens with two attached hydrogens (primary N) is 1. The van der Waals surface area contributed by atoms with Crippen LogP contribution in [0.4, 0.5) is 11.4 Å². The van der Waals surface area contributed by atoms with Crippen molar-refractivity contribution in [3.8, 4) is 0 Å². The molecule has 0 bridgehead atoms. The summed E-state index contributed by atoms with van der Waals surface area (Å²) in [6.45, 7) is 0.712. The van der Waals surface area contributed by atoms with Crippen molar-refractivity contribution >= 4 is 40.9 Å². The van der Waals surface area contributed by atoms with E-state index in [0.29, 0.717) is 24.1 Å². The number of carbonyl (C=O) groups is 3. The predicted molar refractivity (Wildman–Crippen MR) is 150 cm³/mol. The Morgan fingerprint density at radius 2 is 1.97 bits per heavy atom. The van der Waals surface area contributed by atoms with Gasteiger partial charge in [-0.25, -0.2) is 4.79 Å². The largest absolute Gasteiger partial charge is 0.480 e.